The summed E-state index contributed by atoms with van der Waals surface area (Å²) in [4.78, 5) is 5.43. The number of rotatable bonds is 4. The molecule has 1 unspecified atom stereocenters. The molecule has 8 nitrogen and oxygen atoms in total. The third-order valence-corrected chi connectivity index (χ3v) is 8.15. The number of benzene rings is 2. The van der Waals surface area contributed by atoms with Gasteiger partial charge >= 0.3 is 0 Å². The zero-order valence-electron chi connectivity index (χ0n) is 21.1. The highest BCUT2D eigenvalue weighted by atomic mass is 32.2. The summed E-state index contributed by atoms with van der Waals surface area (Å²) >= 11 is 0. The van der Waals surface area contributed by atoms with Crippen molar-refractivity contribution in [1.82, 2.24) is 24.5 Å². The largest absolute Gasteiger partial charge is 0.381 e. The Kier molecular flexibility index (Phi) is 5.69. The molecule has 1 atom stereocenters. The molecule has 0 spiro atoms. The zero-order valence-corrected chi connectivity index (χ0v) is 21.9. The van der Waals surface area contributed by atoms with Crippen molar-refractivity contribution in [2.45, 2.75) is 24.7 Å². The normalized spacial score (nSPS) is 15.8. The van der Waals surface area contributed by atoms with Crippen LogP contribution in [0.25, 0.3) is 38.9 Å². The zero-order chi connectivity index (χ0) is 25.7. The minimum absolute atomic E-state index is 0.500. The van der Waals surface area contributed by atoms with Gasteiger partial charge in [0.15, 0.2) is 0 Å². The van der Waals surface area contributed by atoms with Crippen LogP contribution in [-0.4, -0.2) is 48.2 Å². The lowest BCUT2D eigenvalue weighted by atomic mass is 9.99. The average Bonchev–Trinajstić information content (AvgIpc) is 3.40. The quantitative estimate of drug-likeness (QED) is 0.348. The van der Waals surface area contributed by atoms with Crippen LogP contribution in [0.2, 0.25) is 0 Å². The van der Waals surface area contributed by atoms with E-state index in [1.54, 1.807) is 10.7 Å². The Morgan fingerprint density at radius 2 is 1.81 bits per heavy atom. The van der Waals surface area contributed by atoms with Gasteiger partial charge in [0.1, 0.15) is 0 Å². The van der Waals surface area contributed by atoms with E-state index in [1.807, 2.05) is 50.5 Å². The summed E-state index contributed by atoms with van der Waals surface area (Å²) in [5, 5.41) is 9.38. The van der Waals surface area contributed by atoms with Crippen LogP contribution in [0.5, 0.6) is 0 Å². The van der Waals surface area contributed by atoms with Gasteiger partial charge in [0, 0.05) is 35.3 Å². The molecular weight excluding hydrogens is 484 g/mol. The third kappa shape index (κ3) is 4.04. The first-order chi connectivity index (χ1) is 17.8. The average molecular weight is 513 g/mol. The monoisotopic (exact) mass is 512 g/mol. The first-order valence-corrected chi connectivity index (χ1v) is 14.2. The maximum Gasteiger partial charge on any atom is 0.0963 e. The van der Waals surface area contributed by atoms with Crippen LogP contribution >= 0.6 is 0 Å². The van der Waals surface area contributed by atoms with E-state index < -0.39 is 9.73 Å². The topological polar surface area (TPSA) is 98.7 Å². The number of aryl methyl sites for hydroxylation is 2. The minimum Gasteiger partial charge on any atom is -0.381 e. The van der Waals surface area contributed by atoms with Crippen molar-refractivity contribution in [2.75, 3.05) is 19.5 Å². The summed E-state index contributed by atoms with van der Waals surface area (Å²) in [5.41, 5.74) is 8.83. The van der Waals surface area contributed by atoms with E-state index in [-0.39, 0.29) is 0 Å². The highest BCUT2D eigenvalue weighted by Gasteiger charge is 2.23. The number of nitrogens with one attached hydrogen (secondary N) is 1. The number of ether oxygens (including phenoxy) is 1. The molecule has 0 bridgehead atoms. The molecule has 188 valence electrons. The van der Waals surface area contributed by atoms with Gasteiger partial charge in [-0.2, -0.15) is 0 Å². The number of nitrogens with zero attached hydrogens (tertiary/aromatic N) is 5. The predicted octanol–water partition coefficient (Wildman–Crippen LogP) is 5.40. The van der Waals surface area contributed by atoms with Crippen molar-refractivity contribution >= 4 is 37.4 Å². The molecule has 1 fully saturated rings. The number of fused-ring (bicyclic) bond motifs is 3. The van der Waals surface area contributed by atoms with Crippen LogP contribution < -0.4 is 0 Å². The van der Waals surface area contributed by atoms with Gasteiger partial charge in [0.2, 0.25) is 0 Å². The maximum atomic E-state index is 12.8. The lowest BCUT2D eigenvalue weighted by molar-refractivity contribution is 0.119. The van der Waals surface area contributed by atoms with Crippen LogP contribution in [0.15, 0.2) is 71.3 Å². The fourth-order valence-corrected chi connectivity index (χ4v) is 5.93. The lowest BCUT2D eigenvalue weighted by Crippen LogP contribution is -2.12. The van der Waals surface area contributed by atoms with Gasteiger partial charge in [-0.05, 0) is 55.2 Å². The second-order valence-corrected chi connectivity index (χ2v) is 11.7. The van der Waals surface area contributed by atoms with Gasteiger partial charge in [0.05, 0.1) is 56.6 Å². The molecule has 9 heteroatoms. The van der Waals surface area contributed by atoms with E-state index in [2.05, 4.69) is 33.1 Å². The van der Waals surface area contributed by atoms with E-state index in [1.165, 1.54) is 11.8 Å². The van der Waals surface area contributed by atoms with Crippen molar-refractivity contribution < 1.29 is 8.95 Å². The standard InChI is InChI=1S/C28H28N6O2S/c1-18-27(33(2)32-31-18)21-15-25-26(30-17-21)23-10-9-22(37(3,29)35)16-24(23)34(25)28(19-7-5-4-6-8-19)20-11-13-36-14-12-20/h4-10,15-17,29H,11-14H2,1-3H3. The molecule has 0 saturated carbocycles. The Balaban J connectivity index is 1.76. The summed E-state index contributed by atoms with van der Waals surface area (Å²) in [5.74, 6) is 0. The summed E-state index contributed by atoms with van der Waals surface area (Å²) in [6.07, 6.45) is 4.98. The SMILES string of the molecule is Cc1nnn(C)c1-c1cnc2c3ccc(S(C)(=N)=O)cc3n(C(=C3CCOCC3)c3ccccc3)c2c1. The second kappa shape index (κ2) is 8.93. The molecule has 0 amide bonds. The van der Waals surface area contributed by atoms with Crippen LogP contribution in [0, 0.1) is 11.7 Å². The predicted molar refractivity (Wildman–Crippen MR) is 146 cm³/mol. The van der Waals surface area contributed by atoms with Crippen LogP contribution in [-0.2, 0) is 21.5 Å². The molecule has 5 aromatic rings. The smallest absolute Gasteiger partial charge is 0.0963 e. The Hall–Kier alpha value is -3.82. The molecule has 1 aliphatic heterocycles. The van der Waals surface area contributed by atoms with Gasteiger partial charge in [0.25, 0.3) is 0 Å². The summed E-state index contributed by atoms with van der Waals surface area (Å²) in [6.45, 7) is 3.29. The maximum absolute atomic E-state index is 12.8. The molecule has 0 radical (unpaired) electrons. The Morgan fingerprint density at radius 1 is 1.05 bits per heavy atom. The molecule has 2 aromatic carbocycles. The number of hydrogen-bond donors (Lipinski definition) is 1. The molecular formula is C28H28N6O2S. The molecule has 3 aromatic heterocycles. The molecule has 0 aliphatic carbocycles. The summed E-state index contributed by atoms with van der Waals surface area (Å²) < 4.78 is 30.7. The Bertz CT molecular complexity index is 1770. The van der Waals surface area contributed by atoms with Crippen LogP contribution in [0.1, 0.15) is 24.1 Å². The molecule has 1 saturated heterocycles. The van der Waals surface area contributed by atoms with Gasteiger partial charge < -0.3 is 9.30 Å². The fraction of sp³-hybridized carbons (Fsp3) is 0.250. The van der Waals surface area contributed by atoms with Gasteiger partial charge in [-0.25, -0.2) is 13.7 Å². The number of pyridine rings is 1. The van der Waals surface area contributed by atoms with E-state index in [0.717, 1.165) is 63.0 Å². The first kappa shape index (κ1) is 23.6. The minimum atomic E-state index is -2.91. The van der Waals surface area contributed by atoms with Crippen molar-refractivity contribution in [2.24, 2.45) is 7.05 Å². The fourth-order valence-electron chi connectivity index (χ4n) is 5.27. The third-order valence-electron chi connectivity index (χ3n) is 6.99. The van der Waals surface area contributed by atoms with E-state index >= 15 is 0 Å². The second-order valence-electron chi connectivity index (χ2n) is 9.53. The Labute approximate surface area is 215 Å². The van der Waals surface area contributed by atoms with Gasteiger partial charge in [-0.15, -0.1) is 5.10 Å². The van der Waals surface area contributed by atoms with Crippen LogP contribution in [0.4, 0.5) is 0 Å². The first-order valence-electron chi connectivity index (χ1n) is 12.2. The van der Waals surface area contributed by atoms with E-state index in [0.29, 0.717) is 18.1 Å². The number of aromatic nitrogens is 5. The van der Waals surface area contributed by atoms with Gasteiger partial charge in [-0.3, -0.25) is 4.98 Å². The van der Waals surface area contributed by atoms with Crippen LogP contribution in [0.3, 0.4) is 0 Å². The number of hydrogen-bond acceptors (Lipinski definition) is 6. The van der Waals surface area contributed by atoms with Crippen molar-refractivity contribution in [3.63, 3.8) is 0 Å². The molecule has 6 rings (SSSR count). The highest BCUT2D eigenvalue weighted by molar-refractivity contribution is 7.91. The van der Waals surface area contributed by atoms with Gasteiger partial charge in [-0.1, -0.05) is 35.5 Å². The molecule has 37 heavy (non-hydrogen) atoms. The molecule has 1 N–H and O–H groups in total. The lowest BCUT2D eigenvalue weighted by Gasteiger charge is -2.22. The highest BCUT2D eigenvalue weighted by Crippen LogP contribution is 2.38. The molecule has 1 aliphatic rings. The summed E-state index contributed by atoms with van der Waals surface area (Å²) in [6, 6.07) is 18.1. The van der Waals surface area contributed by atoms with Crippen molar-refractivity contribution in [3.8, 4) is 11.3 Å². The summed E-state index contributed by atoms with van der Waals surface area (Å²) in [7, 11) is -1.03. The van der Waals surface area contributed by atoms with Crippen molar-refractivity contribution in [3.05, 3.63) is 77.6 Å². The van der Waals surface area contributed by atoms with E-state index in [9.17, 15) is 4.21 Å². The van der Waals surface area contributed by atoms with E-state index in [4.69, 9.17) is 14.5 Å². The molecule has 4 heterocycles. The van der Waals surface area contributed by atoms with Crippen molar-refractivity contribution in [1.29, 1.82) is 4.78 Å². The Morgan fingerprint density at radius 3 is 2.49 bits per heavy atom.